The van der Waals surface area contributed by atoms with Gasteiger partial charge in [-0.15, -0.1) is 0 Å². The molecule has 0 N–H and O–H groups in total. The molecule has 2 aromatic rings. The molecule has 1 aliphatic heterocycles. The molecule has 0 spiro atoms. The van der Waals surface area contributed by atoms with Gasteiger partial charge < -0.3 is 0 Å². The summed E-state index contributed by atoms with van der Waals surface area (Å²) in [5, 5.41) is 0. The molecule has 2 nitrogen and oxygen atoms in total. The number of nitrogens with zero attached hydrogens (tertiary/aromatic N) is 1. The minimum absolute atomic E-state index is 0.0429. The number of aromatic nitrogens is 1. The van der Waals surface area contributed by atoms with Crippen molar-refractivity contribution in [2.24, 2.45) is 0 Å². The van der Waals surface area contributed by atoms with Gasteiger partial charge in [0.1, 0.15) is 0 Å². The van der Waals surface area contributed by atoms with Crippen LogP contribution in [-0.4, -0.2) is 24.4 Å². The molecule has 2 atom stereocenters. The van der Waals surface area contributed by atoms with E-state index in [9.17, 15) is 0 Å². The minimum atomic E-state index is -1.87. The first-order valence-corrected chi connectivity index (χ1v) is 15.9. The molecule has 0 saturated carbocycles. The van der Waals surface area contributed by atoms with Gasteiger partial charge in [-0.1, -0.05) is 0 Å². The number of hydrogen-bond acceptors (Lipinski definition) is 2. The molecular formula is C21H23GeNO. The van der Waals surface area contributed by atoms with Gasteiger partial charge in [0.2, 0.25) is 0 Å². The van der Waals surface area contributed by atoms with Crippen molar-refractivity contribution in [3.05, 3.63) is 71.6 Å². The fourth-order valence-electron chi connectivity index (χ4n) is 3.80. The standard InChI is InChI=1S/C21H23GeNO/c1-14-12-19(23-13-18(14)22(2,3)4)17-10-7-9-16-15-8-5-6-11-20(15)24-21(16)17/h5-13,16,21H,1-4H3. The van der Waals surface area contributed by atoms with Crippen LogP contribution in [0.25, 0.3) is 5.57 Å². The number of para-hydroxylation sites is 1. The predicted octanol–water partition coefficient (Wildman–Crippen LogP) is 4.43. The van der Waals surface area contributed by atoms with Crippen molar-refractivity contribution in [3.63, 3.8) is 0 Å². The van der Waals surface area contributed by atoms with Gasteiger partial charge in [0.25, 0.3) is 0 Å². The number of fused-ring (bicyclic) bond motifs is 3. The molecule has 1 aromatic heterocycles. The average Bonchev–Trinajstić information content (AvgIpc) is 2.92. The Balaban J connectivity index is 1.72. The molecule has 122 valence electrons. The summed E-state index contributed by atoms with van der Waals surface area (Å²) in [7, 11) is 0. The maximum atomic E-state index is 6.27. The van der Waals surface area contributed by atoms with Crippen LogP contribution in [0.15, 0.2) is 54.8 Å². The van der Waals surface area contributed by atoms with Crippen molar-refractivity contribution in [2.45, 2.75) is 36.2 Å². The van der Waals surface area contributed by atoms with E-state index in [0.717, 1.165) is 11.4 Å². The number of rotatable bonds is 2. The van der Waals surface area contributed by atoms with Crippen LogP contribution >= 0.6 is 0 Å². The van der Waals surface area contributed by atoms with Gasteiger partial charge in [0.15, 0.2) is 0 Å². The first-order valence-electron chi connectivity index (χ1n) is 8.56. The van der Waals surface area contributed by atoms with Crippen LogP contribution in [0.3, 0.4) is 0 Å². The maximum absolute atomic E-state index is 6.27. The van der Waals surface area contributed by atoms with E-state index in [4.69, 9.17) is 9.72 Å². The summed E-state index contributed by atoms with van der Waals surface area (Å²) in [4.78, 5) is 4.82. The van der Waals surface area contributed by atoms with Crippen LogP contribution in [-0.2, 0) is 0 Å². The Hall–Kier alpha value is -1.81. The normalized spacial score (nSPS) is 21.8. The zero-order valence-corrected chi connectivity index (χ0v) is 16.8. The van der Waals surface area contributed by atoms with Crippen LogP contribution in [0.5, 0.6) is 5.75 Å². The summed E-state index contributed by atoms with van der Waals surface area (Å²) < 4.78 is 7.75. The van der Waals surface area contributed by atoms with Gasteiger partial charge in [-0.25, -0.2) is 0 Å². The number of hydrogen-bond donors (Lipinski definition) is 0. The van der Waals surface area contributed by atoms with E-state index in [1.54, 1.807) is 0 Å². The van der Waals surface area contributed by atoms with Crippen molar-refractivity contribution in [2.75, 3.05) is 0 Å². The molecular weight excluding hydrogens is 355 g/mol. The van der Waals surface area contributed by atoms with Gasteiger partial charge in [-0.2, -0.15) is 0 Å². The number of pyridine rings is 1. The molecule has 0 fully saturated rings. The first-order chi connectivity index (χ1) is 11.4. The molecule has 2 heterocycles. The van der Waals surface area contributed by atoms with Crippen LogP contribution in [0.1, 0.15) is 22.7 Å². The quantitative estimate of drug-likeness (QED) is 0.722. The Morgan fingerprint density at radius 3 is 2.67 bits per heavy atom. The van der Waals surface area contributed by atoms with Gasteiger partial charge in [-0.3, -0.25) is 0 Å². The fraction of sp³-hybridized carbons (Fsp3) is 0.286. The SMILES string of the molecule is Cc1cc(C2=CC=CC3c4ccccc4OC23)nc[c]1[Ge]([CH3])([CH3])[CH3]. The molecule has 0 amide bonds. The molecule has 0 radical (unpaired) electrons. The third kappa shape index (κ3) is 2.53. The topological polar surface area (TPSA) is 22.1 Å². The number of ether oxygens (including phenoxy) is 1. The van der Waals surface area contributed by atoms with Crippen LogP contribution in [0.4, 0.5) is 0 Å². The average molecular weight is 378 g/mol. The van der Waals surface area contributed by atoms with Gasteiger partial charge in [0, 0.05) is 0 Å². The molecule has 1 aromatic carbocycles. The molecule has 3 heteroatoms. The summed E-state index contributed by atoms with van der Waals surface area (Å²) in [5.74, 6) is 8.54. The molecule has 2 aliphatic rings. The van der Waals surface area contributed by atoms with Crippen molar-refractivity contribution in [3.8, 4) is 5.75 Å². The number of allylic oxidation sites excluding steroid dienone is 2. The fourth-order valence-corrected chi connectivity index (χ4v) is 7.38. The van der Waals surface area contributed by atoms with Crippen LogP contribution in [0.2, 0.25) is 17.3 Å². The number of aryl methyl sites for hydroxylation is 1. The second-order valence-corrected chi connectivity index (χ2v) is 18.3. The Bertz CT molecular complexity index is 860. The Kier molecular flexibility index (Phi) is 3.68. The molecule has 0 bridgehead atoms. The van der Waals surface area contributed by atoms with Gasteiger partial charge >= 0.3 is 146 Å². The van der Waals surface area contributed by atoms with Crippen LogP contribution in [0, 0.1) is 6.92 Å². The van der Waals surface area contributed by atoms with Crippen molar-refractivity contribution >= 4 is 23.2 Å². The monoisotopic (exact) mass is 379 g/mol. The molecule has 24 heavy (non-hydrogen) atoms. The summed E-state index contributed by atoms with van der Waals surface area (Å²) in [6, 6.07) is 10.6. The zero-order chi connectivity index (χ0) is 16.9. The Labute approximate surface area is 146 Å². The Morgan fingerprint density at radius 2 is 1.92 bits per heavy atom. The van der Waals surface area contributed by atoms with Crippen molar-refractivity contribution in [1.29, 1.82) is 0 Å². The third-order valence-electron chi connectivity index (χ3n) is 4.97. The zero-order valence-electron chi connectivity index (χ0n) is 14.7. The van der Waals surface area contributed by atoms with Crippen LogP contribution < -0.4 is 9.13 Å². The summed E-state index contributed by atoms with van der Waals surface area (Å²) in [5.41, 5.74) is 4.89. The molecule has 1 aliphatic carbocycles. The first kappa shape index (κ1) is 15.7. The second-order valence-electron chi connectivity index (χ2n) is 7.74. The number of benzene rings is 1. The summed E-state index contributed by atoms with van der Waals surface area (Å²) in [6.45, 7) is 2.22. The van der Waals surface area contributed by atoms with Crippen molar-refractivity contribution in [1.82, 2.24) is 4.98 Å². The third-order valence-corrected chi connectivity index (χ3v) is 9.46. The molecule has 4 rings (SSSR count). The Morgan fingerprint density at radius 1 is 1.12 bits per heavy atom. The van der Waals surface area contributed by atoms with Crippen molar-refractivity contribution < 1.29 is 4.74 Å². The van der Waals surface area contributed by atoms with E-state index in [1.165, 1.54) is 21.1 Å². The van der Waals surface area contributed by atoms with E-state index < -0.39 is 13.3 Å². The molecule has 0 saturated heterocycles. The van der Waals surface area contributed by atoms with Gasteiger partial charge in [0.05, 0.1) is 0 Å². The van der Waals surface area contributed by atoms with E-state index in [2.05, 4.69) is 72.9 Å². The summed E-state index contributed by atoms with van der Waals surface area (Å²) >= 11 is -1.87. The predicted molar refractivity (Wildman–Crippen MR) is 103 cm³/mol. The van der Waals surface area contributed by atoms with E-state index >= 15 is 0 Å². The summed E-state index contributed by atoms with van der Waals surface area (Å²) in [6.07, 6.45) is 8.70. The van der Waals surface area contributed by atoms with Gasteiger partial charge in [-0.05, 0) is 0 Å². The van der Waals surface area contributed by atoms with E-state index in [0.29, 0.717) is 5.92 Å². The molecule has 2 unspecified atom stereocenters. The second kappa shape index (κ2) is 5.63. The van der Waals surface area contributed by atoms with E-state index in [1.807, 2.05) is 6.07 Å². The van der Waals surface area contributed by atoms with E-state index in [-0.39, 0.29) is 6.10 Å².